The highest BCUT2D eigenvalue weighted by Gasteiger charge is 2.03. The SMILES string of the molecule is COc1cccc(CCNC(=O)Nc2ccc(NC(C)=O)cc2)c1. The minimum atomic E-state index is -0.273. The van der Waals surface area contributed by atoms with E-state index in [0.717, 1.165) is 11.3 Å². The highest BCUT2D eigenvalue weighted by Crippen LogP contribution is 2.14. The quantitative estimate of drug-likeness (QED) is 0.763. The van der Waals surface area contributed by atoms with Crippen molar-refractivity contribution in [2.75, 3.05) is 24.3 Å². The molecule has 2 aromatic carbocycles. The van der Waals surface area contributed by atoms with Crippen LogP contribution in [0.15, 0.2) is 48.5 Å². The van der Waals surface area contributed by atoms with Crippen LogP contribution in [-0.2, 0) is 11.2 Å². The summed E-state index contributed by atoms with van der Waals surface area (Å²) in [5.74, 6) is 0.669. The number of nitrogens with one attached hydrogen (secondary N) is 3. The van der Waals surface area contributed by atoms with Crippen molar-refractivity contribution < 1.29 is 14.3 Å². The summed E-state index contributed by atoms with van der Waals surface area (Å²) in [6.07, 6.45) is 0.714. The Labute approximate surface area is 141 Å². The summed E-state index contributed by atoms with van der Waals surface area (Å²) in [6.45, 7) is 1.96. The van der Waals surface area contributed by atoms with Crippen molar-refractivity contribution in [3.63, 3.8) is 0 Å². The number of benzene rings is 2. The molecule has 0 saturated heterocycles. The third-order valence-corrected chi connectivity index (χ3v) is 3.30. The lowest BCUT2D eigenvalue weighted by Gasteiger charge is -2.09. The summed E-state index contributed by atoms with van der Waals surface area (Å²) < 4.78 is 5.17. The van der Waals surface area contributed by atoms with E-state index in [-0.39, 0.29) is 11.9 Å². The minimum absolute atomic E-state index is 0.133. The molecule has 2 rings (SSSR count). The number of rotatable bonds is 6. The molecule has 0 radical (unpaired) electrons. The Bertz CT molecular complexity index is 699. The molecule has 0 unspecified atom stereocenters. The number of carbonyl (C=O) groups excluding carboxylic acids is 2. The molecular formula is C18H21N3O3. The maximum atomic E-state index is 11.9. The Morgan fingerprint density at radius 3 is 2.29 bits per heavy atom. The van der Waals surface area contributed by atoms with Gasteiger partial charge in [0.25, 0.3) is 0 Å². The number of amides is 3. The molecule has 6 nitrogen and oxygen atoms in total. The number of hydrogen-bond donors (Lipinski definition) is 3. The monoisotopic (exact) mass is 327 g/mol. The fourth-order valence-electron chi connectivity index (χ4n) is 2.16. The summed E-state index contributed by atoms with van der Waals surface area (Å²) in [6, 6.07) is 14.4. The molecule has 0 aliphatic carbocycles. The largest absolute Gasteiger partial charge is 0.497 e. The lowest BCUT2D eigenvalue weighted by atomic mass is 10.1. The second-order valence-electron chi connectivity index (χ2n) is 5.24. The first-order chi connectivity index (χ1) is 11.6. The van der Waals surface area contributed by atoms with Crippen molar-refractivity contribution in [2.45, 2.75) is 13.3 Å². The molecule has 24 heavy (non-hydrogen) atoms. The molecule has 6 heteroatoms. The molecular weight excluding hydrogens is 306 g/mol. The fraction of sp³-hybridized carbons (Fsp3) is 0.222. The third-order valence-electron chi connectivity index (χ3n) is 3.30. The number of anilines is 2. The van der Waals surface area contributed by atoms with Crippen molar-refractivity contribution in [1.82, 2.24) is 5.32 Å². The Balaban J connectivity index is 1.77. The van der Waals surface area contributed by atoms with Crippen LogP contribution in [0.4, 0.5) is 16.2 Å². The number of urea groups is 1. The first-order valence-corrected chi connectivity index (χ1v) is 7.62. The van der Waals surface area contributed by atoms with Crippen LogP contribution in [0.1, 0.15) is 12.5 Å². The first-order valence-electron chi connectivity index (χ1n) is 7.62. The molecule has 2 aromatic rings. The number of ether oxygens (including phenoxy) is 1. The van der Waals surface area contributed by atoms with E-state index in [4.69, 9.17) is 4.74 Å². The molecule has 0 aliphatic rings. The fourth-order valence-corrected chi connectivity index (χ4v) is 2.16. The van der Waals surface area contributed by atoms with Crippen molar-refractivity contribution in [2.24, 2.45) is 0 Å². The second-order valence-corrected chi connectivity index (χ2v) is 5.24. The summed E-state index contributed by atoms with van der Waals surface area (Å²) in [7, 11) is 1.63. The molecule has 0 saturated carbocycles. The lowest BCUT2D eigenvalue weighted by molar-refractivity contribution is -0.114. The van der Waals surface area contributed by atoms with Gasteiger partial charge in [-0.3, -0.25) is 4.79 Å². The standard InChI is InChI=1S/C18H21N3O3/c1-13(22)20-15-6-8-16(9-7-15)21-18(23)19-11-10-14-4-3-5-17(12-14)24-2/h3-9,12H,10-11H2,1-2H3,(H,20,22)(H2,19,21,23). The molecule has 0 spiro atoms. The van der Waals surface area contributed by atoms with E-state index in [9.17, 15) is 9.59 Å². The van der Waals surface area contributed by atoms with E-state index in [0.29, 0.717) is 24.3 Å². The zero-order chi connectivity index (χ0) is 17.4. The van der Waals surface area contributed by atoms with Crippen molar-refractivity contribution in [1.29, 1.82) is 0 Å². The summed E-state index contributed by atoms with van der Waals surface area (Å²) >= 11 is 0. The summed E-state index contributed by atoms with van der Waals surface area (Å²) in [5, 5.41) is 8.22. The van der Waals surface area contributed by atoms with Gasteiger partial charge in [-0.25, -0.2) is 4.79 Å². The zero-order valence-electron chi connectivity index (χ0n) is 13.8. The van der Waals surface area contributed by atoms with Gasteiger partial charge in [0.15, 0.2) is 0 Å². The van der Waals surface area contributed by atoms with Crippen LogP contribution in [0.3, 0.4) is 0 Å². The van der Waals surface area contributed by atoms with Gasteiger partial charge < -0.3 is 20.7 Å². The van der Waals surface area contributed by atoms with Crippen molar-refractivity contribution in [3.05, 3.63) is 54.1 Å². The smallest absolute Gasteiger partial charge is 0.319 e. The highest BCUT2D eigenvalue weighted by molar-refractivity contribution is 5.91. The number of methoxy groups -OCH3 is 1. The molecule has 0 aromatic heterocycles. The van der Waals surface area contributed by atoms with Crippen LogP contribution in [0.25, 0.3) is 0 Å². The van der Waals surface area contributed by atoms with Crippen LogP contribution in [0.2, 0.25) is 0 Å². The maximum Gasteiger partial charge on any atom is 0.319 e. The topological polar surface area (TPSA) is 79.5 Å². The lowest BCUT2D eigenvalue weighted by Crippen LogP contribution is -2.30. The van der Waals surface area contributed by atoms with Crippen LogP contribution >= 0.6 is 0 Å². The van der Waals surface area contributed by atoms with Gasteiger partial charge >= 0.3 is 6.03 Å². The van der Waals surface area contributed by atoms with Crippen LogP contribution < -0.4 is 20.7 Å². The predicted octanol–water partition coefficient (Wildman–Crippen LogP) is 3.02. The number of hydrogen-bond acceptors (Lipinski definition) is 3. The van der Waals surface area contributed by atoms with Gasteiger partial charge in [-0.1, -0.05) is 12.1 Å². The Hall–Kier alpha value is -3.02. The molecule has 3 N–H and O–H groups in total. The molecule has 126 valence electrons. The van der Waals surface area contributed by atoms with Gasteiger partial charge in [0.05, 0.1) is 7.11 Å². The molecule has 0 aliphatic heterocycles. The van der Waals surface area contributed by atoms with E-state index >= 15 is 0 Å². The van der Waals surface area contributed by atoms with Crippen LogP contribution in [-0.4, -0.2) is 25.6 Å². The number of carbonyl (C=O) groups is 2. The highest BCUT2D eigenvalue weighted by atomic mass is 16.5. The Morgan fingerprint density at radius 2 is 1.67 bits per heavy atom. The van der Waals surface area contributed by atoms with Gasteiger partial charge in [-0.05, 0) is 48.4 Å². The molecule has 0 heterocycles. The Morgan fingerprint density at radius 1 is 1.00 bits per heavy atom. The Kier molecular flexibility index (Phi) is 6.19. The molecule has 3 amide bonds. The molecule has 0 bridgehead atoms. The predicted molar refractivity (Wildman–Crippen MR) is 94.5 cm³/mol. The van der Waals surface area contributed by atoms with Crippen LogP contribution in [0.5, 0.6) is 5.75 Å². The van der Waals surface area contributed by atoms with Crippen molar-refractivity contribution in [3.8, 4) is 5.75 Å². The van der Waals surface area contributed by atoms with Gasteiger partial charge in [-0.15, -0.1) is 0 Å². The van der Waals surface area contributed by atoms with Gasteiger partial charge in [0.2, 0.25) is 5.91 Å². The molecule has 0 atom stereocenters. The zero-order valence-corrected chi connectivity index (χ0v) is 13.8. The average molecular weight is 327 g/mol. The van der Waals surface area contributed by atoms with E-state index < -0.39 is 0 Å². The van der Waals surface area contributed by atoms with Gasteiger partial charge in [0, 0.05) is 24.8 Å². The maximum absolute atomic E-state index is 11.9. The van der Waals surface area contributed by atoms with Crippen LogP contribution in [0, 0.1) is 0 Å². The minimum Gasteiger partial charge on any atom is -0.497 e. The van der Waals surface area contributed by atoms with Gasteiger partial charge in [0.1, 0.15) is 5.75 Å². The summed E-state index contributed by atoms with van der Waals surface area (Å²) in [5.41, 5.74) is 2.43. The normalized spacial score (nSPS) is 9.92. The van der Waals surface area contributed by atoms with Gasteiger partial charge in [-0.2, -0.15) is 0 Å². The van der Waals surface area contributed by atoms with Crippen molar-refractivity contribution >= 4 is 23.3 Å². The first kappa shape index (κ1) is 17.3. The molecule has 0 fully saturated rings. The van der Waals surface area contributed by atoms with E-state index in [1.807, 2.05) is 24.3 Å². The summed E-state index contributed by atoms with van der Waals surface area (Å²) in [4.78, 5) is 22.8. The average Bonchev–Trinajstić information content (AvgIpc) is 2.56. The van der Waals surface area contributed by atoms with E-state index in [1.165, 1.54) is 6.92 Å². The third kappa shape index (κ3) is 5.64. The second kappa shape index (κ2) is 8.57. The van der Waals surface area contributed by atoms with E-state index in [1.54, 1.807) is 31.4 Å². The van der Waals surface area contributed by atoms with E-state index in [2.05, 4.69) is 16.0 Å².